The van der Waals surface area contributed by atoms with Gasteiger partial charge in [0, 0.05) is 5.44 Å². The van der Waals surface area contributed by atoms with Gasteiger partial charge >= 0.3 is 0 Å². The van der Waals surface area contributed by atoms with Crippen LogP contribution in [0.1, 0.15) is 51.9 Å². The highest BCUT2D eigenvalue weighted by Crippen LogP contribution is 2.63. The summed E-state index contributed by atoms with van der Waals surface area (Å²) in [6, 6.07) is 0. The molecule has 2 radical (unpaired) electrons. The molecule has 0 aliphatic heterocycles. The highest BCUT2D eigenvalue weighted by molar-refractivity contribution is 6.38. The number of rotatable bonds is 4. The Morgan fingerprint density at radius 1 is 1.00 bits per heavy atom. The second-order valence-electron chi connectivity index (χ2n) is 8.38. The van der Waals surface area contributed by atoms with Crippen molar-refractivity contribution in [2.24, 2.45) is 17.8 Å². The first-order chi connectivity index (χ1) is 10.3. The lowest BCUT2D eigenvalue weighted by Gasteiger charge is -2.25. The van der Waals surface area contributed by atoms with Crippen molar-refractivity contribution < 1.29 is 0 Å². The SMILES string of the molecule is C[B]C(C)(C)C1[C@H]2CCc3nnn(C(C)(C)[B]C)c3CC[C@@H]12. The predicted octanol–water partition coefficient (Wildman–Crippen LogP) is 3.41. The molecule has 2 aliphatic carbocycles. The molecule has 1 fully saturated rings. The van der Waals surface area contributed by atoms with Crippen LogP contribution in [-0.2, 0) is 18.3 Å². The Bertz CT molecular complexity index is 550. The topological polar surface area (TPSA) is 30.7 Å². The van der Waals surface area contributed by atoms with Crippen molar-refractivity contribution in [2.75, 3.05) is 0 Å². The highest BCUT2D eigenvalue weighted by atomic mass is 15.5. The number of nitrogens with zero attached hydrogens (tertiary/aromatic N) is 3. The van der Waals surface area contributed by atoms with Crippen LogP contribution >= 0.6 is 0 Å². The maximum Gasteiger partial charge on any atom is 0.143 e. The van der Waals surface area contributed by atoms with E-state index in [-0.39, 0.29) is 5.44 Å². The molecule has 3 atom stereocenters. The predicted molar refractivity (Wildman–Crippen MR) is 93.7 cm³/mol. The molecule has 0 N–H and O–H groups in total. The first kappa shape index (κ1) is 16.1. The van der Waals surface area contributed by atoms with Crippen molar-refractivity contribution >= 4 is 14.6 Å². The summed E-state index contributed by atoms with van der Waals surface area (Å²) in [5.74, 6) is 2.67. The smallest absolute Gasteiger partial charge is 0.143 e. The van der Waals surface area contributed by atoms with Gasteiger partial charge in [-0.1, -0.05) is 38.0 Å². The standard InChI is InChI=1S/C17H29B2N3/c1-16(2,18-5)15-11-7-9-13-14(10-8-12(11)15)22(21-20-13)17(3,4)19-6/h11-12,15H,7-10H2,1-6H3/t11-,12+,15?/m0/s1. The maximum absolute atomic E-state index is 4.52. The van der Waals surface area contributed by atoms with Crippen molar-refractivity contribution in [3.8, 4) is 0 Å². The Labute approximate surface area is 137 Å². The number of hydrogen-bond donors (Lipinski definition) is 0. The third kappa shape index (κ3) is 2.55. The molecule has 1 aromatic heterocycles. The zero-order chi connectivity index (χ0) is 16.1. The molecule has 3 nitrogen and oxygen atoms in total. The molecule has 1 unspecified atom stereocenters. The van der Waals surface area contributed by atoms with E-state index in [0.717, 1.165) is 30.6 Å². The Hall–Kier alpha value is -0.730. The number of fused-ring (bicyclic) bond motifs is 2. The molecule has 2 aliphatic rings. The van der Waals surface area contributed by atoms with Crippen LogP contribution in [0.3, 0.4) is 0 Å². The van der Waals surface area contributed by atoms with Crippen molar-refractivity contribution in [3.63, 3.8) is 0 Å². The summed E-state index contributed by atoms with van der Waals surface area (Å²) in [4.78, 5) is 0. The maximum atomic E-state index is 4.52. The van der Waals surface area contributed by atoms with Gasteiger partial charge < -0.3 is 0 Å². The van der Waals surface area contributed by atoms with E-state index in [2.05, 4.69) is 70.9 Å². The van der Waals surface area contributed by atoms with Crippen LogP contribution < -0.4 is 0 Å². The molecule has 1 aromatic rings. The van der Waals surface area contributed by atoms with Gasteiger partial charge in [-0.2, -0.15) is 0 Å². The summed E-state index contributed by atoms with van der Waals surface area (Å²) in [5.41, 5.74) is 2.58. The quantitative estimate of drug-likeness (QED) is 0.797. The summed E-state index contributed by atoms with van der Waals surface area (Å²) < 4.78 is 2.16. The number of hydrogen-bond acceptors (Lipinski definition) is 2. The van der Waals surface area contributed by atoms with Gasteiger partial charge in [-0.15, -0.1) is 5.10 Å². The van der Waals surface area contributed by atoms with Crippen molar-refractivity contribution in [1.29, 1.82) is 0 Å². The molecule has 118 valence electrons. The lowest BCUT2D eigenvalue weighted by Crippen LogP contribution is -2.34. The summed E-state index contributed by atoms with van der Waals surface area (Å²) in [6.07, 6.45) is 4.82. The van der Waals surface area contributed by atoms with Gasteiger partial charge in [-0.3, -0.25) is 4.68 Å². The molecule has 1 saturated carbocycles. The molecule has 3 rings (SSSR count). The largest absolute Gasteiger partial charge is 0.252 e. The highest BCUT2D eigenvalue weighted by Gasteiger charge is 2.55. The zero-order valence-electron chi connectivity index (χ0n) is 15.1. The summed E-state index contributed by atoms with van der Waals surface area (Å²) in [5, 5.41) is 9.37. The molecule has 1 heterocycles. The van der Waals surface area contributed by atoms with Crippen molar-refractivity contribution in [1.82, 2.24) is 15.0 Å². The Balaban J connectivity index is 1.80. The minimum absolute atomic E-state index is 0.0431. The second-order valence-corrected chi connectivity index (χ2v) is 8.38. The Morgan fingerprint density at radius 3 is 2.23 bits per heavy atom. The summed E-state index contributed by atoms with van der Waals surface area (Å²) in [6.45, 7) is 13.6. The van der Waals surface area contributed by atoms with Crippen LogP contribution in [0.25, 0.3) is 0 Å². The van der Waals surface area contributed by atoms with Gasteiger partial charge in [0.1, 0.15) is 14.6 Å². The molecule has 5 heteroatoms. The van der Waals surface area contributed by atoms with Gasteiger partial charge in [0.2, 0.25) is 0 Å². The zero-order valence-corrected chi connectivity index (χ0v) is 15.1. The van der Waals surface area contributed by atoms with Crippen LogP contribution in [0.15, 0.2) is 0 Å². The molecular formula is C17H29B2N3. The molecule has 0 saturated heterocycles. The van der Waals surface area contributed by atoms with E-state index in [1.54, 1.807) is 0 Å². The van der Waals surface area contributed by atoms with E-state index >= 15 is 0 Å². The lowest BCUT2D eigenvalue weighted by molar-refractivity contribution is 0.421. The molecule has 0 aromatic carbocycles. The Kier molecular flexibility index (Phi) is 3.98. The van der Waals surface area contributed by atoms with Crippen LogP contribution in [-0.4, -0.2) is 29.6 Å². The number of aromatic nitrogens is 3. The number of aryl methyl sites for hydroxylation is 1. The van der Waals surface area contributed by atoms with E-state index < -0.39 is 0 Å². The lowest BCUT2D eigenvalue weighted by atomic mass is 9.53. The molecule has 0 amide bonds. The fourth-order valence-corrected chi connectivity index (χ4v) is 4.50. The third-order valence-corrected chi connectivity index (χ3v) is 6.46. The van der Waals surface area contributed by atoms with Gasteiger partial charge in [0.05, 0.1) is 11.4 Å². The summed E-state index contributed by atoms with van der Waals surface area (Å²) in [7, 11) is 4.63. The fourth-order valence-electron chi connectivity index (χ4n) is 4.50. The average Bonchev–Trinajstić information content (AvgIpc) is 3.01. The van der Waals surface area contributed by atoms with E-state index in [1.807, 2.05) is 0 Å². The van der Waals surface area contributed by atoms with Crippen LogP contribution in [0, 0.1) is 17.8 Å². The van der Waals surface area contributed by atoms with Gasteiger partial charge in [0.25, 0.3) is 0 Å². The van der Waals surface area contributed by atoms with Crippen LogP contribution in [0.2, 0.25) is 19.0 Å². The first-order valence-electron chi connectivity index (χ1n) is 8.87. The molecular weight excluding hydrogens is 268 g/mol. The minimum Gasteiger partial charge on any atom is -0.252 e. The molecule has 0 spiro atoms. The van der Waals surface area contributed by atoms with E-state index in [4.69, 9.17) is 0 Å². The summed E-state index contributed by atoms with van der Waals surface area (Å²) >= 11 is 0. The van der Waals surface area contributed by atoms with Gasteiger partial charge in [-0.05, 0) is 57.3 Å². The average molecular weight is 297 g/mol. The second kappa shape index (κ2) is 5.42. The molecule has 0 bridgehead atoms. The van der Waals surface area contributed by atoms with Crippen LogP contribution in [0.4, 0.5) is 0 Å². The van der Waals surface area contributed by atoms with Crippen molar-refractivity contribution in [3.05, 3.63) is 11.4 Å². The third-order valence-electron chi connectivity index (χ3n) is 6.46. The Morgan fingerprint density at radius 2 is 1.64 bits per heavy atom. The first-order valence-corrected chi connectivity index (χ1v) is 8.87. The normalized spacial score (nSPS) is 28.2. The van der Waals surface area contributed by atoms with Crippen molar-refractivity contribution in [2.45, 2.75) is 77.8 Å². The van der Waals surface area contributed by atoms with E-state index in [9.17, 15) is 0 Å². The van der Waals surface area contributed by atoms with E-state index in [0.29, 0.717) is 5.31 Å². The minimum atomic E-state index is -0.0431. The van der Waals surface area contributed by atoms with Gasteiger partial charge in [-0.25, -0.2) is 0 Å². The van der Waals surface area contributed by atoms with Crippen LogP contribution in [0.5, 0.6) is 0 Å². The monoisotopic (exact) mass is 297 g/mol. The molecule has 22 heavy (non-hydrogen) atoms. The van der Waals surface area contributed by atoms with E-state index in [1.165, 1.54) is 24.2 Å². The van der Waals surface area contributed by atoms with Gasteiger partial charge in [0.15, 0.2) is 0 Å². The fraction of sp³-hybridized carbons (Fsp3) is 0.882.